The highest BCUT2D eigenvalue weighted by Crippen LogP contribution is 2.16. The summed E-state index contributed by atoms with van der Waals surface area (Å²) in [5, 5.41) is 0. The van der Waals surface area contributed by atoms with Gasteiger partial charge in [0.1, 0.15) is 0 Å². The van der Waals surface area contributed by atoms with Crippen molar-refractivity contribution in [2.45, 2.75) is 6.92 Å². The first kappa shape index (κ1) is 10.7. The summed E-state index contributed by atoms with van der Waals surface area (Å²) in [6.45, 7) is 3.61. The molecule has 1 heterocycles. The predicted octanol–water partition coefficient (Wildman–Crippen LogP) is 2.41. The second-order valence-corrected chi connectivity index (χ2v) is 4.08. The van der Waals surface area contributed by atoms with Gasteiger partial charge >= 0.3 is 6.03 Å². The first-order valence-electron chi connectivity index (χ1n) is 5.44. The first-order valence-corrected chi connectivity index (χ1v) is 5.44. The topological polar surface area (TPSA) is 23.6 Å². The van der Waals surface area contributed by atoms with Gasteiger partial charge in [-0.15, -0.1) is 0 Å². The summed E-state index contributed by atoms with van der Waals surface area (Å²) in [7, 11) is 1.83. The number of amides is 2. The van der Waals surface area contributed by atoms with Gasteiger partial charge < -0.3 is 4.90 Å². The van der Waals surface area contributed by atoms with Gasteiger partial charge in [-0.1, -0.05) is 30.3 Å². The number of likely N-dealkylation sites (N-methyl/N-ethyl adjacent to an activating group) is 1. The van der Waals surface area contributed by atoms with Crippen LogP contribution < -0.4 is 0 Å². The number of allylic oxidation sites excluding steroid dienone is 1. The number of nitrogens with zero attached hydrogens (tertiary/aromatic N) is 2. The normalized spacial score (nSPS) is 17.1. The third-order valence-corrected chi connectivity index (χ3v) is 2.83. The molecular weight excluding hydrogens is 200 g/mol. The van der Waals surface area contributed by atoms with Gasteiger partial charge in [-0.2, -0.15) is 0 Å². The molecule has 84 valence electrons. The van der Waals surface area contributed by atoms with Crippen molar-refractivity contribution in [3.05, 3.63) is 42.1 Å². The first-order chi connectivity index (χ1) is 7.68. The van der Waals surface area contributed by atoms with E-state index in [1.165, 1.54) is 0 Å². The molecule has 2 rings (SSSR count). The summed E-state index contributed by atoms with van der Waals surface area (Å²) in [6.07, 6.45) is 1.93. The zero-order valence-electron chi connectivity index (χ0n) is 9.68. The summed E-state index contributed by atoms with van der Waals surface area (Å²) < 4.78 is 0. The molecule has 0 aliphatic carbocycles. The molecule has 1 aromatic carbocycles. The van der Waals surface area contributed by atoms with E-state index in [4.69, 9.17) is 0 Å². The van der Waals surface area contributed by atoms with Crippen LogP contribution >= 0.6 is 0 Å². The van der Waals surface area contributed by atoms with Crippen LogP contribution in [-0.4, -0.2) is 36.0 Å². The minimum absolute atomic E-state index is 0.0790. The van der Waals surface area contributed by atoms with Crippen LogP contribution in [0.1, 0.15) is 12.5 Å². The van der Waals surface area contributed by atoms with Gasteiger partial charge in [0.25, 0.3) is 0 Å². The van der Waals surface area contributed by atoms with Gasteiger partial charge in [0, 0.05) is 26.3 Å². The van der Waals surface area contributed by atoms with Crippen LogP contribution in [0.3, 0.4) is 0 Å². The molecule has 0 N–H and O–H groups in total. The summed E-state index contributed by atoms with van der Waals surface area (Å²) in [6, 6.07) is 10.2. The molecule has 1 aromatic rings. The van der Waals surface area contributed by atoms with Crippen molar-refractivity contribution in [3.8, 4) is 0 Å². The molecule has 0 spiro atoms. The van der Waals surface area contributed by atoms with Crippen molar-refractivity contribution in [2.75, 3.05) is 20.1 Å². The molecule has 0 bridgehead atoms. The molecule has 0 atom stereocenters. The van der Waals surface area contributed by atoms with Gasteiger partial charge in [0.05, 0.1) is 0 Å². The largest absolute Gasteiger partial charge is 0.326 e. The van der Waals surface area contributed by atoms with E-state index in [2.05, 4.69) is 12.1 Å². The number of benzene rings is 1. The van der Waals surface area contributed by atoms with Crippen LogP contribution in [0.2, 0.25) is 0 Å². The van der Waals surface area contributed by atoms with Gasteiger partial charge in [0.2, 0.25) is 0 Å². The average Bonchev–Trinajstić information content (AvgIpc) is 2.62. The zero-order chi connectivity index (χ0) is 11.5. The fourth-order valence-corrected chi connectivity index (χ4v) is 1.80. The quantitative estimate of drug-likeness (QED) is 0.744. The molecule has 0 saturated carbocycles. The monoisotopic (exact) mass is 216 g/mol. The van der Waals surface area contributed by atoms with E-state index in [0.717, 1.165) is 24.2 Å². The summed E-state index contributed by atoms with van der Waals surface area (Å²) in [5.41, 5.74) is 2.27. The molecular formula is C13H16N2O. The number of carbonyl (C=O) groups is 1. The van der Waals surface area contributed by atoms with Crippen LogP contribution in [0.5, 0.6) is 0 Å². The molecule has 0 aromatic heterocycles. The molecule has 1 saturated heterocycles. The van der Waals surface area contributed by atoms with E-state index < -0.39 is 0 Å². The van der Waals surface area contributed by atoms with Gasteiger partial charge in [-0.05, 0) is 18.1 Å². The second-order valence-electron chi connectivity index (χ2n) is 4.08. The van der Waals surface area contributed by atoms with Gasteiger partial charge in [-0.25, -0.2) is 4.79 Å². The Morgan fingerprint density at radius 2 is 1.94 bits per heavy atom. The van der Waals surface area contributed by atoms with Crippen molar-refractivity contribution in [3.63, 3.8) is 0 Å². The minimum Gasteiger partial charge on any atom is -0.326 e. The molecule has 16 heavy (non-hydrogen) atoms. The predicted molar refractivity (Wildman–Crippen MR) is 64.8 cm³/mol. The van der Waals surface area contributed by atoms with Crippen molar-refractivity contribution < 1.29 is 4.79 Å². The molecule has 3 nitrogen and oxygen atoms in total. The van der Waals surface area contributed by atoms with E-state index in [0.29, 0.717) is 0 Å². The third-order valence-electron chi connectivity index (χ3n) is 2.83. The second kappa shape index (κ2) is 4.39. The number of rotatable bonds is 2. The van der Waals surface area contributed by atoms with Gasteiger partial charge in [-0.3, -0.25) is 4.90 Å². The van der Waals surface area contributed by atoms with Crippen molar-refractivity contribution in [1.82, 2.24) is 9.80 Å². The lowest BCUT2D eigenvalue weighted by Crippen LogP contribution is -2.25. The van der Waals surface area contributed by atoms with E-state index in [1.807, 2.05) is 38.4 Å². The minimum atomic E-state index is 0.0790. The number of urea groups is 1. The highest BCUT2D eigenvalue weighted by molar-refractivity contribution is 5.79. The maximum Gasteiger partial charge on any atom is 0.323 e. The van der Waals surface area contributed by atoms with Crippen molar-refractivity contribution in [1.29, 1.82) is 0 Å². The summed E-state index contributed by atoms with van der Waals surface area (Å²) >= 11 is 0. The fraction of sp³-hybridized carbons (Fsp3) is 0.308. The lowest BCUT2D eigenvalue weighted by molar-refractivity contribution is 0.210. The molecule has 2 amide bonds. The molecule has 1 fully saturated rings. The van der Waals surface area contributed by atoms with Crippen LogP contribution in [-0.2, 0) is 0 Å². The highest BCUT2D eigenvalue weighted by Gasteiger charge is 2.23. The highest BCUT2D eigenvalue weighted by atomic mass is 16.2. The summed E-state index contributed by atoms with van der Waals surface area (Å²) in [5.74, 6) is 0. The lowest BCUT2D eigenvalue weighted by atomic mass is 10.1. The Kier molecular flexibility index (Phi) is 2.95. The van der Waals surface area contributed by atoms with Crippen LogP contribution in [0.15, 0.2) is 36.5 Å². The van der Waals surface area contributed by atoms with E-state index in [1.54, 1.807) is 9.80 Å². The number of hydrogen-bond acceptors (Lipinski definition) is 1. The molecule has 3 heteroatoms. The standard InChI is InChI=1S/C13H16N2O/c1-11(12-6-4-3-5-7-12)10-15-9-8-14(2)13(15)16/h3-7,10H,8-9H2,1-2H3/b11-10-. The Morgan fingerprint density at radius 3 is 2.50 bits per heavy atom. The summed E-state index contributed by atoms with van der Waals surface area (Å²) in [4.78, 5) is 15.2. The van der Waals surface area contributed by atoms with Crippen molar-refractivity contribution in [2.24, 2.45) is 0 Å². The van der Waals surface area contributed by atoms with Gasteiger partial charge in [0.15, 0.2) is 0 Å². The van der Waals surface area contributed by atoms with E-state index in [-0.39, 0.29) is 6.03 Å². The third kappa shape index (κ3) is 2.08. The maximum absolute atomic E-state index is 11.7. The van der Waals surface area contributed by atoms with Crippen LogP contribution in [0.4, 0.5) is 4.79 Å². The Balaban J connectivity index is 2.16. The smallest absolute Gasteiger partial charge is 0.323 e. The molecule has 1 aliphatic heterocycles. The van der Waals surface area contributed by atoms with E-state index in [9.17, 15) is 4.79 Å². The van der Waals surface area contributed by atoms with Crippen LogP contribution in [0, 0.1) is 0 Å². The Labute approximate surface area is 96.0 Å². The lowest BCUT2D eigenvalue weighted by Gasteiger charge is -2.12. The van der Waals surface area contributed by atoms with E-state index >= 15 is 0 Å². The Morgan fingerprint density at radius 1 is 1.25 bits per heavy atom. The molecule has 1 aliphatic rings. The number of carbonyl (C=O) groups excluding carboxylic acids is 1. The average molecular weight is 216 g/mol. The number of hydrogen-bond donors (Lipinski definition) is 0. The molecule has 0 radical (unpaired) electrons. The zero-order valence-corrected chi connectivity index (χ0v) is 9.68. The molecule has 0 unspecified atom stereocenters. The van der Waals surface area contributed by atoms with Crippen LogP contribution in [0.25, 0.3) is 5.57 Å². The van der Waals surface area contributed by atoms with Crippen molar-refractivity contribution >= 4 is 11.6 Å². The fourth-order valence-electron chi connectivity index (χ4n) is 1.80. The SMILES string of the molecule is C/C(=C/N1CCN(C)C1=O)c1ccccc1. The Bertz CT molecular complexity index is 411. The maximum atomic E-state index is 11.7. The Hall–Kier alpha value is -1.77.